The maximum Gasteiger partial charge on any atom is 0.328 e. The molecule has 0 bridgehead atoms. The van der Waals surface area contributed by atoms with Gasteiger partial charge in [-0.05, 0) is 25.6 Å². The molecule has 0 saturated heterocycles. The second kappa shape index (κ2) is 6.18. The molecule has 0 unspecified atom stereocenters. The molecule has 0 radical (unpaired) electrons. The lowest BCUT2D eigenvalue weighted by atomic mass is 10.5. The van der Waals surface area contributed by atoms with Crippen molar-refractivity contribution in [1.82, 2.24) is 0 Å². The maximum atomic E-state index is 11.2. The second-order valence-electron chi connectivity index (χ2n) is 3.68. The molecule has 1 N–H and O–H groups in total. The first-order valence-electron chi connectivity index (χ1n) is 4.62. The van der Waals surface area contributed by atoms with Crippen molar-refractivity contribution in [1.29, 1.82) is 0 Å². The summed E-state index contributed by atoms with van der Waals surface area (Å²) in [5, 5.41) is 8.31. The minimum Gasteiger partial charge on any atom is -0.517 e. The summed E-state index contributed by atoms with van der Waals surface area (Å²) in [6.45, 7) is 7.40. The molecule has 0 saturated carbocycles. The van der Waals surface area contributed by atoms with Gasteiger partial charge >= 0.3 is 11.9 Å². The van der Waals surface area contributed by atoms with Crippen molar-refractivity contribution in [3.8, 4) is 0 Å². The van der Waals surface area contributed by atoms with Crippen molar-refractivity contribution < 1.29 is 19.1 Å². The van der Waals surface area contributed by atoms with Gasteiger partial charge in [-0.15, -0.1) is 6.58 Å². The van der Waals surface area contributed by atoms with E-state index in [2.05, 4.69) is 6.58 Å². The van der Waals surface area contributed by atoms with Gasteiger partial charge in [-0.2, -0.15) is 0 Å². The van der Waals surface area contributed by atoms with Gasteiger partial charge in [0.25, 0.3) is 0 Å². The van der Waals surface area contributed by atoms with Crippen molar-refractivity contribution in [2.75, 3.05) is 0 Å². The molecule has 0 aliphatic carbocycles. The van der Waals surface area contributed by atoms with E-state index in [1.165, 1.54) is 0 Å². The SMILES string of the molecule is C=CCC[Si](C)(C)OC(=O)C=CC(=O)O. The van der Waals surface area contributed by atoms with Crippen LogP contribution in [0.25, 0.3) is 0 Å². The van der Waals surface area contributed by atoms with Crippen LogP contribution in [0.2, 0.25) is 19.1 Å². The van der Waals surface area contributed by atoms with Crippen LogP contribution in [0.4, 0.5) is 0 Å². The van der Waals surface area contributed by atoms with Gasteiger partial charge in [-0.25, -0.2) is 9.59 Å². The highest BCUT2D eigenvalue weighted by molar-refractivity contribution is 6.72. The van der Waals surface area contributed by atoms with E-state index >= 15 is 0 Å². The van der Waals surface area contributed by atoms with E-state index in [-0.39, 0.29) is 0 Å². The van der Waals surface area contributed by atoms with Crippen molar-refractivity contribution in [2.45, 2.75) is 25.6 Å². The lowest BCUT2D eigenvalue weighted by Crippen LogP contribution is -2.32. The van der Waals surface area contributed by atoms with E-state index in [1.807, 2.05) is 13.1 Å². The normalized spacial score (nSPS) is 11.3. The number of carbonyl (C=O) groups excluding carboxylic acids is 1. The Balaban J connectivity index is 4.14. The summed E-state index contributed by atoms with van der Waals surface area (Å²) in [7, 11) is -2.02. The van der Waals surface area contributed by atoms with Gasteiger partial charge in [0.2, 0.25) is 8.32 Å². The summed E-state index contributed by atoms with van der Waals surface area (Å²) in [6, 6.07) is 0.795. The topological polar surface area (TPSA) is 63.6 Å². The Morgan fingerprint density at radius 3 is 2.47 bits per heavy atom. The first-order valence-corrected chi connectivity index (χ1v) is 7.74. The largest absolute Gasteiger partial charge is 0.517 e. The number of carboxylic acids is 1. The first-order chi connectivity index (χ1) is 6.87. The molecule has 0 rings (SSSR count). The number of hydrogen-bond donors (Lipinski definition) is 1. The zero-order valence-electron chi connectivity index (χ0n) is 9.03. The molecule has 0 aromatic carbocycles. The third-order valence-electron chi connectivity index (χ3n) is 1.69. The molecule has 0 amide bonds. The Hall–Kier alpha value is -1.36. The summed E-state index contributed by atoms with van der Waals surface area (Å²) in [5.41, 5.74) is 0. The van der Waals surface area contributed by atoms with E-state index < -0.39 is 20.3 Å². The highest BCUT2D eigenvalue weighted by Gasteiger charge is 2.24. The van der Waals surface area contributed by atoms with Gasteiger partial charge in [0.05, 0.1) is 0 Å². The smallest absolute Gasteiger partial charge is 0.328 e. The zero-order chi connectivity index (χ0) is 11.9. The third kappa shape index (κ3) is 7.69. The highest BCUT2D eigenvalue weighted by atomic mass is 28.4. The average Bonchev–Trinajstić information content (AvgIpc) is 2.11. The number of rotatable bonds is 6. The van der Waals surface area contributed by atoms with Gasteiger partial charge in [0.15, 0.2) is 0 Å². The molecular formula is C10H16O4Si. The Kier molecular flexibility index (Phi) is 5.62. The fourth-order valence-electron chi connectivity index (χ4n) is 0.946. The molecule has 5 heteroatoms. The van der Waals surface area contributed by atoms with E-state index in [1.54, 1.807) is 6.08 Å². The highest BCUT2D eigenvalue weighted by Crippen LogP contribution is 2.14. The molecule has 84 valence electrons. The first kappa shape index (κ1) is 13.6. The Morgan fingerprint density at radius 2 is 2.00 bits per heavy atom. The number of carbonyl (C=O) groups is 2. The fourth-order valence-corrected chi connectivity index (χ4v) is 2.56. The summed E-state index contributed by atoms with van der Waals surface area (Å²) in [6.07, 6.45) is 4.29. The number of hydrogen-bond acceptors (Lipinski definition) is 3. The number of carboxylic acid groups (broad SMARTS) is 1. The summed E-state index contributed by atoms with van der Waals surface area (Å²) < 4.78 is 5.19. The quantitative estimate of drug-likeness (QED) is 0.429. The summed E-state index contributed by atoms with van der Waals surface area (Å²) in [5.74, 6) is -1.74. The zero-order valence-corrected chi connectivity index (χ0v) is 10.0. The van der Waals surface area contributed by atoms with E-state index in [0.717, 1.165) is 24.6 Å². The van der Waals surface area contributed by atoms with E-state index in [0.29, 0.717) is 0 Å². The monoisotopic (exact) mass is 228 g/mol. The number of allylic oxidation sites excluding steroid dienone is 1. The summed E-state index contributed by atoms with van der Waals surface area (Å²) in [4.78, 5) is 21.3. The van der Waals surface area contributed by atoms with Crippen LogP contribution in [0.5, 0.6) is 0 Å². The Morgan fingerprint density at radius 1 is 1.40 bits per heavy atom. The molecule has 0 heterocycles. The van der Waals surface area contributed by atoms with Crippen molar-refractivity contribution >= 4 is 20.3 Å². The molecule has 0 spiro atoms. The van der Waals surface area contributed by atoms with Crippen LogP contribution in [0.15, 0.2) is 24.8 Å². The van der Waals surface area contributed by atoms with Gasteiger partial charge in [-0.3, -0.25) is 0 Å². The molecule has 0 aromatic rings. The van der Waals surface area contributed by atoms with Crippen LogP contribution in [-0.4, -0.2) is 25.4 Å². The second-order valence-corrected chi connectivity index (χ2v) is 7.90. The average molecular weight is 228 g/mol. The number of aliphatic carboxylic acids is 1. The molecule has 15 heavy (non-hydrogen) atoms. The molecule has 0 aliphatic heterocycles. The Labute approximate surface area is 90.4 Å². The lowest BCUT2D eigenvalue weighted by molar-refractivity contribution is -0.133. The van der Waals surface area contributed by atoms with Crippen LogP contribution in [0.3, 0.4) is 0 Å². The third-order valence-corrected chi connectivity index (χ3v) is 3.94. The van der Waals surface area contributed by atoms with Crippen molar-refractivity contribution in [3.63, 3.8) is 0 Å². The van der Waals surface area contributed by atoms with Crippen LogP contribution in [0, 0.1) is 0 Å². The summed E-state index contributed by atoms with van der Waals surface area (Å²) >= 11 is 0. The predicted molar refractivity (Wildman–Crippen MR) is 60.0 cm³/mol. The molecular weight excluding hydrogens is 212 g/mol. The minimum absolute atomic E-state index is 0.585. The van der Waals surface area contributed by atoms with Crippen molar-refractivity contribution in [3.05, 3.63) is 24.8 Å². The van der Waals surface area contributed by atoms with Crippen molar-refractivity contribution in [2.24, 2.45) is 0 Å². The predicted octanol–water partition coefficient (Wildman–Crippen LogP) is 1.95. The fraction of sp³-hybridized carbons (Fsp3) is 0.400. The van der Waals surface area contributed by atoms with Crippen LogP contribution < -0.4 is 0 Å². The maximum absolute atomic E-state index is 11.2. The van der Waals surface area contributed by atoms with Crippen LogP contribution in [0.1, 0.15) is 6.42 Å². The van der Waals surface area contributed by atoms with Crippen LogP contribution >= 0.6 is 0 Å². The van der Waals surface area contributed by atoms with Gasteiger partial charge in [-0.1, -0.05) is 6.08 Å². The lowest BCUT2D eigenvalue weighted by Gasteiger charge is -2.20. The molecule has 0 fully saturated rings. The molecule has 0 aromatic heterocycles. The van der Waals surface area contributed by atoms with E-state index in [9.17, 15) is 9.59 Å². The van der Waals surface area contributed by atoms with Crippen LogP contribution in [-0.2, 0) is 14.0 Å². The molecule has 0 atom stereocenters. The standard InChI is InChI=1S/C10H16O4Si/c1-4-5-8-15(2,3)14-10(13)7-6-9(11)12/h4,6-7H,1,5,8H2,2-3H3,(H,11,12). The Bertz CT molecular complexity index is 281. The van der Waals surface area contributed by atoms with E-state index in [4.69, 9.17) is 9.53 Å². The molecule has 0 aliphatic rings. The minimum atomic E-state index is -2.02. The molecule has 4 nitrogen and oxygen atoms in total. The van der Waals surface area contributed by atoms with Gasteiger partial charge in [0.1, 0.15) is 0 Å². The van der Waals surface area contributed by atoms with Gasteiger partial charge in [0, 0.05) is 12.2 Å². The van der Waals surface area contributed by atoms with Gasteiger partial charge < -0.3 is 9.53 Å².